The molecule has 2 saturated heterocycles. The van der Waals surface area contributed by atoms with E-state index in [1.807, 2.05) is 30.5 Å². The molecule has 2 aromatic rings. The summed E-state index contributed by atoms with van der Waals surface area (Å²) in [5.74, 6) is 2.28. The van der Waals surface area contributed by atoms with E-state index in [1.165, 1.54) is 12.8 Å². The van der Waals surface area contributed by atoms with Gasteiger partial charge < -0.3 is 9.32 Å². The molecule has 1 spiro atoms. The molecular formula is C20H26N2O2S. The van der Waals surface area contributed by atoms with Gasteiger partial charge in [0.15, 0.2) is 0 Å². The first-order valence-corrected chi connectivity index (χ1v) is 10.1. The van der Waals surface area contributed by atoms with Crippen molar-refractivity contribution >= 4 is 17.2 Å². The Balaban J connectivity index is 1.28. The van der Waals surface area contributed by atoms with E-state index < -0.39 is 0 Å². The van der Waals surface area contributed by atoms with Crippen molar-refractivity contribution in [3.8, 4) is 0 Å². The van der Waals surface area contributed by atoms with Gasteiger partial charge in [0.1, 0.15) is 11.5 Å². The van der Waals surface area contributed by atoms with Crippen LogP contribution in [0.2, 0.25) is 0 Å². The number of furan rings is 1. The summed E-state index contributed by atoms with van der Waals surface area (Å²) in [7, 11) is 0. The molecule has 0 atom stereocenters. The van der Waals surface area contributed by atoms with E-state index in [9.17, 15) is 4.79 Å². The van der Waals surface area contributed by atoms with E-state index in [-0.39, 0.29) is 5.91 Å². The SMILES string of the molecule is Cc1ccc(CN2CCC3(CC2)CCN(C(=O)c2cccs2)CC3)o1. The second-order valence-corrected chi connectivity index (χ2v) is 8.51. The van der Waals surface area contributed by atoms with Gasteiger partial charge in [-0.25, -0.2) is 0 Å². The predicted molar refractivity (Wildman–Crippen MR) is 99.8 cm³/mol. The fourth-order valence-corrected chi connectivity index (χ4v) is 4.91. The highest BCUT2D eigenvalue weighted by Crippen LogP contribution is 2.41. The Labute approximate surface area is 153 Å². The Morgan fingerprint density at radius 3 is 2.44 bits per heavy atom. The Kier molecular flexibility index (Phi) is 4.69. The standard InChI is InChI=1S/C20H26N2O2S/c1-16-4-5-17(24-16)15-21-10-6-20(7-11-21)8-12-22(13-9-20)19(23)18-3-2-14-25-18/h2-5,14H,6-13,15H2,1H3. The smallest absolute Gasteiger partial charge is 0.263 e. The molecule has 0 saturated carbocycles. The first-order valence-electron chi connectivity index (χ1n) is 9.24. The van der Waals surface area contributed by atoms with Crippen molar-refractivity contribution in [1.82, 2.24) is 9.80 Å². The molecule has 2 fully saturated rings. The normalized spacial score (nSPS) is 20.9. The Hall–Kier alpha value is -1.59. The molecule has 5 heteroatoms. The van der Waals surface area contributed by atoms with Crippen LogP contribution in [0.1, 0.15) is 46.9 Å². The zero-order valence-corrected chi connectivity index (χ0v) is 15.7. The Bertz CT molecular complexity index is 704. The Morgan fingerprint density at radius 2 is 1.84 bits per heavy atom. The van der Waals surface area contributed by atoms with Crippen LogP contribution in [0, 0.1) is 12.3 Å². The summed E-state index contributed by atoms with van der Waals surface area (Å²) in [5.41, 5.74) is 0.446. The van der Waals surface area contributed by atoms with Gasteiger partial charge >= 0.3 is 0 Å². The van der Waals surface area contributed by atoms with Crippen molar-refractivity contribution in [2.24, 2.45) is 5.41 Å². The fraction of sp³-hybridized carbons (Fsp3) is 0.550. The molecule has 2 aliphatic rings. The second kappa shape index (κ2) is 6.96. The molecule has 0 N–H and O–H groups in total. The quantitative estimate of drug-likeness (QED) is 0.826. The number of rotatable bonds is 3. The zero-order chi connectivity index (χ0) is 17.3. The first kappa shape index (κ1) is 16.9. The van der Waals surface area contributed by atoms with Crippen molar-refractivity contribution in [1.29, 1.82) is 0 Å². The van der Waals surface area contributed by atoms with Gasteiger partial charge in [0.25, 0.3) is 5.91 Å². The van der Waals surface area contributed by atoms with E-state index in [0.29, 0.717) is 5.41 Å². The predicted octanol–water partition coefficient (Wildman–Crippen LogP) is 4.17. The maximum absolute atomic E-state index is 12.5. The van der Waals surface area contributed by atoms with Crippen molar-refractivity contribution in [3.63, 3.8) is 0 Å². The number of hydrogen-bond acceptors (Lipinski definition) is 4. The summed E-state index contributed by atoms with van der Waals surface area (Å²) in [6, 6.07) is 8.03. The topological polar surface area (TPSA) is 36.7 Å². The number of thiophene rings is 1. The van der Waals surface area contributed by atoms with Crippen LogP contribution in [-0.4, -0.2) is 41.9 Å². The van der Waals surface area contributed by atoms with Crippen molar-refractivity contribution < 1.29 is 9.21 Å². The van der Waals surface area contributed by atoms with Crippen molar-refractivity contribution in [2.45, 2.75) is 39.2 Å². The van der Waals surface area contributed by atoms with E-state index in [4.69, 9.17) is 4.42 Å². The number of hydrogen-bond donors (Lipinski definition) is 0. The van der Waals surface area contributed by atoms with Crippen LogP contribution in [0.3, 0.4) is 0 Å². The monoisotopic (exact) mass is 358 g/mol. The largest absolute Gasteiger partial charge is 0.465 e. The van der Waals surface area contributed by atoms with Gasteiger partial charge in [0.2, 0.25) is 0 Å². The number of likely N-dealkylation sites (tertiary alicyclic amines) is 2. The summed E-state index contributed by atoms with van der Waals surface area (Å²) in [4.78, 5) is 17.9. The lowest BCUT2D eigenvalue weighted by Crippen LogP contribution is -2.48. The van der Waals surface area contributed by atoms with Gasteiger partial charge in [-0.2, -0.15) is 0 Å². The highest BCUT2D eigenvalue weighted by Gasteiger charge is 2.38. The first-order chi connectivity index (χ1) is 12.1. The zero-order valence-electron chi connectivity index (χ0n) is 14.9. The number of amides is 1. The molecule has 0 radical (unpaired) electrons. The minimum absolute atomic E-state index is 0.218. The van der Waals surface area contributed by atoms with Gasteiger partial charge in [-0.15, -0.1) is 11.3 Å². The number of carbonyl (C=O) groups excluding carboxylic acids is 1. The third kappa shape index (κ3) is 3.67. The molecule has 2 aliphatic heterocycles. The molecule has 2 aromatic heterocycles. The second-order valence-electron chi connectivity index (χ2n) is 7.56. The molecule has 0 unspecified atom stereocenters. The molecular weight excluding hydrogens is 332 g/mol. The minimum Gasteiger partial charge on any atom is -0.465 e. The maximum atomic E-state index is 12.5. The highest BCUT2D eigenvalue weighted by atomic mass is 32.1. The van der Waals surface area contributed by atoms with Gasteiger partial charge in [-0.05, 0) is 74.7 Å². The van der Waals surface area contributed by atoms with E-state index >= 15 is 0 Å². The number of carbonyl (C=O) groups is 1. The summed E-state index contributed by atoms with van der Waals surface area (Å²) in [6.07, 6.45) is 4.79. The third-order valence-electron chi connectivity index (χ3n) is 5.94. The minimum atomic E-state index is 0.218. The molecule has 4 heterocycles. The van der Waals surface area contributed by atoms with Crippen molar-refractivity contribution in [2.75, 3.05) is 26.2 Å². The molecule has 0 bridgehead atoms. The van der Waals surface area contributed by atoms with E-state index in [2.05, 4.69) is 15.9 Å². The van der Waals surface area contributed by atoms with Crippen LogP contribution < -0.4 is 0 Å². The van der Waals surface area contributed by atoms with Gasteiger partial charge in [0, 0.05) is 13.1 Å². The third-order valence-corrected chi connectivity index (χ3v) is 6.79. The summed E-state index contributed by atoms with van der Waals surface area (Å²) >= 11 is 1.55. The molecule has 1 amide bonds. The lowest BCUT2D eigenvalue weighted by molar-refractivity contribution is 0.0273. The molecule has 0 aliphatic carbocycles. The Morgan fingerprint density at radius 1 is 1.12 bits per heavy atom. The highest BCUT2D eigenvalue weighted by molar-refractivity contribution is 7.12. The lowest BCUT2D eigenvalue weighted by atomic mass is 9.71. The fourth-order valence-electron chi connectivity index (χ4n) is 4.22. The van der Waals surface area contributed by atoms with Crippen LogP contribution in [0.25, 0.3) is 0 Å². The van der Waals surface area contributed by atoms with E-state index in [0.717, 1.165) is 62.0 Å². The number of piperidine rings is 2. The van der Waals surface area contributed by atoms with Crippen molar-refractivity contribution in [3.05, 3.63) is 46.0 Å². The van der Waals surface area contributed by atoms with Crippen LogP contribution in [0.15, 0.2) is 34.1 Å². The lowest BCUT2D eigenvalue weighted by Gasteiger charge is -2.46. The van der Waals surface area contributed by atoms with Gasteiger partial charge in [-0.3, -0.25) is 9.69 Å². The van der Waals surface area contributed by atoms with Crippen LogP contribution in [0.4, 0.5) is 0 Å². The average molecular weight is 359 g/mol. The number of nitrogens with zero attached hydrogens (tertiary/aromatic N) is 2. The van der Waals surface area contributed by atoms with Gasteiger partial charge in [-0.1, -0.05) is 6.07 Å². The van der Waals surface area contributed by atoms with Crippen LogP contribution in [0.5, 0.6) is 0 Å². The molecule has 0 aromatic carbocycles. The van der Waals surface area contributed by atoms with Crippen LogP contribution >= 0.6 is 11.3 Å². The van der Waals surface area contributed by atoms with Gasteiger partial charge in [0.05, 0.1) is 11.4 Å². The molecule has 4 rings (SSSR count). The molecule has 4 nitrogen and oxygen atoms in total. The number of aryl methyl sites for hydroxylation is 1. The average Bonchev–Trinajstić information content (AvgIpc) is 3.29. The summed E-state index contributed by atoms with van der Waals surface area (Å²) in [6.45, 7) is 7.02. The summed E-state index contributed by atoms with van der Waals surface area (Å²) in [5, 5.41) is 1.98. The molecule has 134 valence electrons. The van der Waals surface area contributed by atoms with Crippen LogP contribution in [-0.2, 0) is 6.54 Å². The molecule has 25 heavy (non-hydrogen) atoms. The maximum Gasteiger partial charge on any atom is 0.263 e. The summed E-state index contributed by atoms with van der Waals surface area (Å²) < 4.78 is 5.71. The van der Waals surface area contributed by atoms with E-state index in [1.54, 1.807) is 11.3 Å².